The minimum Gasteiger partial charge on any atom is -0.392 e. The van der Waals surface area contributed by atoms with Crippen LogP contribution in [-0.2, 0) is 22.6 Å². The molecule has 0 radical (unpaired) electrons. The van der Waals surface area contributed by atoms with Crippen molar-refractivity contribution in [2.24, 2.45) is 0 Å². The zero-order chi connectivity index (χ0) is 12.8. The molecule has 0 unspecified atom stereocenters. The second kappa shape index (κ2) is 6.54. The van der Waals surface area contributed by atoms with Crippen molar-refractivity contribution in [3.05, 3.63) is 36.0 Å². The molecule has 0 saturated heterocycles. The summed E-state index contributed by atoms with van der Waals surface area (Å²) in [7, 11) is 1.66. The SMILES string of the molecule is COCCOCCn1cc(CO)c2ccccc21. The standard InChI is InChI=1S/C14H19NO3/c1-17-8-9-18-7-6-15-10-12(11-16)13-4-2-3-5-14(13)15/h2-5,10,16H,6-9,11H2,1H3. The van der Waals surface area contributed by atoms with Gasteiger partial charge in [0.1, 0.15) is 0 Å². The highest BCUT2D eigenvalue weighted by Crippen LogP contribution is 2.21. The average Bonchev–Trinajstić information content (AvgIpc) is 2.77. The van der Waals surface area contributed by atoms with E-state index in [1.807, 2.05) is 24.4 Å². The molecule has 0 fully saturated rings. The van der Waals surface area contributed by atoms with E-state index in [2.05, 4.69) is 10.6 Å². The molecule has 0 atom stereocenters. The van der Waals surface area contributed by atoms with E-state index in [9.17, 15) is 5.11 Å². The number of methoxy groups -OCH3 is 1. The molecule has 1 N–H and O–H groups in total. The van der Waals surface area contributed by atoms with Gasteiger partial charge in [-0.15, -0.1) is 0 Å². The van der Waals surface area contributed by atoms with Gasteiger partial charge in [0.25, 0.3) is 0 Å². The Balaban J connectivity index is 2.04. The molecule has 1 aromatic carbocycles. The molecule has 2 rings (SSSR count). The van der Waals surface area contributed by atoms with E-state index in [1.54, 1.807) is 7.11 Å². The minimum atomic E-state index is 0.0675. The maximum absolute atomic E-state index is 9.33. The monoisotopic (exact) mass is 249 g/mol. The molecule has 0 aliphatic carbocycles. The number of nitrogens with zero attached hydrogens (tertiary/aromatic N) is 1. The van der Waals surface area contributed by atoms with Crippen LogP contribution in [0.2, 0.25) is 0 Å². The zero-order valence-electron chi connectivity index (χ0n) is 10.6. The highest BCUT2D eigenvalue weighted by atomic mass is 16.5. The molecule has 98 valence electrons. The topological polar surface area (TPSA) is 43.6 Å². The van der Waals surface area contributed by atoms with Crippen molar-refractivity contribution in [1.29, 1.82) is 0 Å². The highest BCUT2D eigenvalue weighted by molar-refractivity contribution is 5.83. The summed E-state index contributed by atoms with van der Waals surface area (Å²) >= 11 is 0. The number of hydrogen-bond acceptors (Lipinski definition) is 3. The van der Waals surface area contributed by atoms with E-state index in [0.29, 0.717) is 19.8 Å². The second-order valence-electron chi connectivity index (χ2n) is 4.13. The van der Waals surface area contributed by atoms with Crippen molar-refractivity contribution >= 4 is 10.9 Å². The number of aromatic nitrogens is 1. The van der Waals surface area contributed by atoms with Crippen LogP contribution in [-0.4, -0.2) is 36.6 Å². The van der Waals surface area contributed by atoms with Crippen LogP contribution in [0.1, 0.15) is 5.56 Å². The van der Waals surface area contributed by atoms with Gasteiger partial charge in [-0.25, -0.2) is 0 Å². The first kappa shape index (κ1) is 13.1. The van der Waals surface area contributed by atoms with Crippen LogP contribution in [0.4, 0.5) is 0 Å². The van der Waals surface area contributed by atoms with Gasteiger partial charge in [-0.3, -0.25) is 0 Å². The fourth-order valence-corrected chi connectivity index (χ4v) is 2.04. The third-order valence-electron chi connectivity index (χ3n) is 2.95. The molecule has 0 amide bonds. The molecule has 0 bridgehead atoms. The van der Waals surface area contributed by atoms with Crippen LogP contribution in [0.25, 0.3) is 10.9 Å². The van der Waals surface area contributed by atoms with Crippen LogP contribution in [0.15, 0.2) is 30.5 Å². The molecule has 0 aliphatic rings. The van der Waals surface area contributed by atoms with Gasteiger partial charge in [-0.2, -0.15) is 0 Å². The number of ether oxygens (including phenoxy) is 2. The molecule has 2 aromatic rings. The summed E-state index contributed by atoms with van der Waals surface area (Å²) in [5, 5.41) is 10.4. The van der Waals surface area contributed by atoms with Crippen LogP contribution < -0.4 is 0 Å². The number of aliphatic hydroxyl groups is 1. The summed E-state index contributed by atoms with van der Waals surface area (Å²) in [6.07, 6.45) is 1.99. The molecule has 0 spiro atoms. The Morgan fingerprint density at radius 2 is 2.00 bits per heavy atom. The fourth-order valence-electron chi connectivity index (χ4n) is 2.04. The van der Waals surface area contributed by atoms with Crippen molar-refractivity contribution in [2.45, 2.75) is 13.2 Å². The Kier molecular flexibility index (Phi) is 4.75. The molecule has 1 aromatic heterocycles. The molecule has 0 aliphatic heterocycles. The van der Waals surface area contributed by atoms with Gasteiger partial charge in [0.2, 0.25) is 0 Å². The van der Waals surface area contributed by atoms with Gasteiger partial charge in [0, 0.05) is 36.3 Å². The summed E-state index contributed by atoms with van der Waals surface area (Å²) < 4.78 is 12.5. The lowest BCUT2D eigenvalue weighted by Gasteiger charge is -2.06. The van der Waals surface area contributed by atoms with Crippen LogP contribution in [0.3, 0.4) is 0 Å². The van der Waals surface area contributed by atoms with Crippen LogP contribution >= 0.6 is 0 Å². The van der Waals surface area contributed by atoms with Crippen molar-refractivity contribution < 1.29 is 14.6 Å². The molecular weight excluding hydrogens is 230 g/mol. The number of aliphatic hydroxyl groups excluding tert-OH is 1. The lowest BCUT2D eigenvalue weighted by Crippen LogP contribution is -2.08. The maximum atomic E-state index is 9.33. The Hall–Kier alpha value is -1.36. The predicted molar refractivity (Wildman–Crippen MR) is 70.6 cm³/mol. The van der Waals surface area contributed by atoms with E-state index in [0.717, 1.165) is 23.0 Å². The first-order chi connectivity index (χ1) is 8.86. The summed E-state index contributed by atoms with van der Waals surface area (Å²) in [6.45, 7) is 2.73. The van der Waals surface area contributed by atoms with Crippen molar-refractivity contribution in [3.63, 3.8) is 0 Å². The lowest BCUT2D eigenvalue weighted by molar-refractivity contribution is 0.0670. The molecule has 0 saturated carbocycles. The fraction of sp³-hybridized carbons (Fsp3) is 0.429. The van der Waals surface area contributed by atoms with E-state index in [4.69, 9.17) is 9.47 Å². The third-order valence-corrected chi connectivity index (χ3v) is 2.95. The Morgan fingerprint density at radius 1 is 1.17 bits per heavy atom. The van der Waals surface area contributed by atoms with Gasteiger partial charge < -0.3 is 19.1 Å². The molecule has 4 heteroatoms. The minimum absolute atomic E-state index is 0.0675. The van der Waals surface area contributed by atoms with Crippen molar-refractivity contribution in [2.75, 3.05) is 26.9 Å². The first-order valence-electron chi connectivity index (χ1n) is 6.11. The van der Waals surface area contributed by atoms with Crippen LogP contribution in [0, 0.1) is 0 Å². The molecule has 18 heavy (non-hydrogen) atoms. The van der Waals surface area contributed by atoms with E-state index in [1.165, 1.54) is 0 Å². The van der Waals surface area contributed by atoms with Crippen molar-refractivity contribution in [1.82, 2.24) is 4.57 Å². The summed E-state index contributed by atoms with van der Waals surface area (Å²) in [5.74, 6) is 0. The zero-order valence-corrected chi connectivity index (χ0v) is 10.6. The number of rotatable bonds is 7. The smallest absolute Gasteiger partial charge is 0.0702 e. The van der Waals surface area contributed by atoms with Gasteiger partial charge >= 0.3 is 0 Å². The first-order valence-corrected chi connectivity index (χ1v) is 6.11. The largest absolute Gasteiger partial charge is 0.392 e. The number of hydrogen-bond donors (Lipinski definition) is 1. The van der Waals surface area contributed by atoms with Crippen LogP contribution in [0.5, 0.6) is 0 Å². The highest BCUT2D eigenvalue weighted by Gasteiger charge is 2.06. The van der Waals surface area contributed by atoms with E-state index < -0.39 is 0 Å². The summed E-state index contributed by atoms with van der Waals surface area (Å²) in [5.41, 5.74) is 2.10. The number of para-hydroxylation sites is 1. The molecule has 1 heterocycles. The van der Waals surface area contributed by atoms with Gasteiger partial charge in [-0.05, 0) is 6.07 Å². The molecule has 4 nitrogen and oxygen atoms in total. The summed E-state index contributed by atoms with van der Waals surface area (Å²) in [4.78, 5) is 0. The van der Waals surface area contributed by atoms with Gasteiger partial charge in [0.05, 0.1) is 26.4 Å². The Bertz CT molecular complexity index is 493. The lowest BCUT2D eigenvalue weighted by atomic mass is 10.2. The second-order valence-corrected chi connectivity index (χ2v) is 4.13. The Labute approximate surface area is 107 Å². The van der Waals surface area contributed by atoms with E-state index >= 15 is 0 Å². The number of fused-ring (bicyclic) bond motifs is 1. The quantitative estimate of drug-likeness (QED) is 0.761. The normalized spacial score (nSPS) is 11.2. The molecular formula is C14H19NO3. The maximum Gasteiger partial charge on any atom is 0.0702 e. The van der Waals surface area contributed by atoms with Gasteiger partial charge in [-0.1, -0.05) is 18.2 Å². The summed E-state index contributed by atoms with van der Waals surface area (Å²) in [6, 6.07) is 8.08. The van der Waals surface area contributed by atoms with E-state index in [-0.39, 0.29) is 6.61 Å². The predicted octanol–water partition coefficient (Wildman–Crippen LogP) is 1.80. The third kappa shape index (κ3) is 2.90. The Morgan fingerprint density at radius 3 is 2.78 bits per heavy atom. The van der Waals surface area contributed by atoms with Crippen molar-refractivity contribution in [3.8, 4) is 0 Å². The number of benzene rings is 1. The average molecular weight is 249 g/mol. The van der Waals surface area contributed by atoms with Gasteiger partial charge in [0.15, 0.2) is 0 Å².